The quantitative estimate of drug-likeness (QED) is 0.151. The van der Waals surface area contributed by atoms with Gasteiger partial charge in [0.2, 0.25) is 0 Å². The van der Waals surface area contributed by atoms with Gasteiger partial charge in [-0.25, -0.2) is 0 Å². The van der Waals surface area contributed by atoms with Crippen molar-refractivity contribution in [2.75, 3.05) is 29.4 Å². The summed E-state index contributed by atoms with van der Waals surface area (Å²) in [5.74, 6) is 0. The molecule has 684 valence electrons. The van der Waals surface area contributed by atoms with Crippen LogP contribution in [0.2, 0.25) is 0 Å². The van der Waals surface area contributed by atoms with Crippen molar-refractivity contribution in [2.24, 2.45) is 0 Å². The van der Waals surface area contributed by atoms with Crippen LogP contribution >= 0.6 is 0 Å². The first kappa shape index (κ1) is 80.9. The number of nitrogens with zero attached hydrogens (tertiary/aromatic N) is 12. The van der Waals surface area contributed by atoms with Crippen molar-refractivity contribution in [3.05, 3.63) is 592 Å². The normalized spacial score (nSPS) is 19.5. The molecule has 12 aliphatic heterocycles. The smallest absolute Gasteiger partial charge is 0.100 e. The average Bonchev–Trinajstić information content (AvgIpc) is 0.874. The molecule has 6 atom stereocenters. The Morgan fingerprint density at radius 1 is 0.188 bits per heavy atom. The van der Waals surface area contributed by atoms with Crippen LogP contribution in [0.3, 0.4) is 0 Å². The maximum absolute atomic E-state index is 2.56. The summed E-state index contributed by atoms with van der Waals surface area (Å²) in [4.78, 5) is 15.2. The van der Waals surface area contributed by atoms with E-state index < -0.39 is 0 Å². The van der Waals surface area contributed by atoms with Crippen LogP contribution in [-0.2, 0) is 0 Å². The Bertz CT molecular complexity index is 8960. The molecule has 12 aromatic carbocycles. The summed E-state index contributed by atoms with van der Waals surface area (Å²) in [6.07, 6.45) is 47.0. The van der Waals surface area contributed by atoms with Gasteiger partial charge in [-0.05, 0) is 249 Å². The molecule has 36 rings (SSSR count). The zero-order valence-electron chi connectivity index (χ0n) is 79.1. The Kier molecular flexibility index (Phi) is 17.8. The summed E-state index contributed by atoms with van der Waals surface area (Å²) in [7, 11) is 0. The van der Waals surface area contributed by atoms with Gasteiger partial charge in [-0.2, -0.15) is 0 Å². The van der Waals surface area contributed by atoms with E-state index in [2.05, 4.69) is 531 Å². The first-order valence-electron chi connectivity index (χ1n) is 50.9. The van der Waals surface area contributed by atoms with E-state index in [0.717, 1.165) is 38.5 Å². The van der Waals surface area contributed by atoms with E-state index in [-0.39, 0.29) is 36.3 Å². The highest BCUT2D eigenvalue weighted by Gasteiger charge is 2.49. The summed E-state index contributed by atoms with van der Waals surface area (Å²) in [6.45, 7) is 0. The molecule has 0 fully saturated rings. The molecule has 0 amide bonds. The van der Waals surface area contributed by atoms with Gasteiger partial charge in [0, 0.05) is 124 Å². The van der Waals surface area contributed by atoms with Gasteiger partial charge in [-0.15, -0.1) is 0 Å². The number of fused-ring (bicyclic) bond motifs is 62. The highest BCUT2D eigenvalue weighted by molar-refractivity contribution is 6.00. The fourth-order valence-corrected chi connectivity index (χ4v) is 27.1. The topological polar surface area (TPSA) is 49.0 Å². The van der Waals surface area contributed by atoms with Crippen molar-refractivity contribution in [1.29, 1.82) is 0 Å². The summed E-state index contributed by atoms with van der Waals surface area (Å²) >= 11 is 0. The van der Waals surface area contributed by atoms with Crippen LogP contribution in [0.5, 0.6) is 0 Å². The monoisotopic (exact) mass is 1850 g/mol. The molecule has 0 bridgehead atoms. The van der Waals surface area contributed by atoms with E-state index in [1.165, 1.54) is 237 Å². The van der Waals surface area contributed by atoms with Crippen LogP contribution in [0.4, 0.5) is 39.8 Å². The highest BCUT2D eigenvalue weighted by atomic mass is 15.3. The maximum atomic E-state index is 2.56. The number of allylic oxidation sites excluding steroid dienone is 17. The molecular weight excluding hydrogens is 1750 g/mol. The molecule has 0 radical (unpaired) electrons. The molecule has 6 aromatic heterocycles. The van der Waals surface area contributed by atoms with Gasteiger partial charge in [-0.1, -0.05) is 279 Å². The minimum Gasteiger partial charge on any atom is -0.329 e. The number of benzene rings is 12. The Labute approximate surface area is 836 Å². The SMILES string of the molecule is C1=C2C(=CC1)C1c3cccn3-c3ccccc3N1c1ccccc12.C1=C2C(=CC1)N1c3ccccc3-n3cccc3C1c1ccccc12.C1=CC2=C(C1)N1c3ccccc3-c3ccccc3C1c1cccn12.C1=CC2=C(C1)N1c3ccccc3-n3cccc3C1c1ccccc12.C1=CC2=C(C1)c1ccccc1C1c3cccn3-c3ccccc3N21.C1=CC2=C(C1)n1cccc1C1c3ccccc3-c3ccccc3N21. The van der Waals surface area contributed by atoms with Crippen molar-refractivity contribution in [3.63, 3.8) is 0 Å². The summed E-state index contributed by atoms with van der Waals surface area (Å²) in [6, 6.07) is 134. The maximum Gasteiger partial charge on any atom is 0.100 e. The molecule has 144 heavy (non-hydrogen) atoms. The fraction of sp³-hybridized carbons (Fsp3) is 0.0909. The fourth-order valence-electron chi connectivity index (χ4n) is 27.1. The standard InChI is InChI=1S/6C22H16N2/c1-2-10-18-16(7-1)15-8-5-9-17(15)22-21-13-6-14-23(21)19-11-3-4-12-20(19)24(18)22;2*1-2-9-17-15(7-1)16-8-3-4-10-18(16)24-20-12-5-11-19(20)23-14-6-13-21(23)22(17)24;3*1-2-8-17-15(7-1)16-9-5-12-18(16)24-20-11-4-3-10-19(20)23-14-6-13-21(23)22(17)24/h1-4,6-14,22H,5H2;1-10,12-14,22H,11H2;1-11,13-14,22H,12H2;1-4,6-14,22H,5H2;1-8,10-14,22H,9H2;1-11,13-14,22H,12H2. The summed E-state index contributed by atoms with van der Waals surface area (Å²) in [5, 5.41) is 0. The molecule has 0 saturated carbocycles. The van der Waals surface area contributed by atoms with Gasteiger partial charge in [-0.3, -0.25) is 0 Å². The van der Waals surface area contributed by atoms with Gasteiger partial charge < -0.3 is 56.8 Å². The lowest BCUT2D eigenvalue weighted by atomic mass is 9.84. The van der Waals surface area contributed by atoms with Crippen LogP contribution in [-0.4, -0.2) is 27.4 Å². The van der Waals surface area contributed by atoms with Gasteiger partial charge in [0.15, 0.2) is 0 Å². The minimum atomic E-state index is 0.243. The third kappa shape index (κ3) is 11.6. The average molecular weight is 1850 g/mol. The van der Waals surface area contributed by atoms with Gasteiger partial charge in [0.05, 0.1) is 96.7 Å². The van der Waals surface area contributed by atoms with Crippen LogP contribution in [0.15, 0.2) is 508 Å². The number of hydrogen-bond donors (Lipinski definition) is 0. The molecule has 12 heteroatoms. The second-order valence-electron chi connectivity index (χ2n) is 39.7. The number of anilines is 7. The predicted molar refractivity (Wildman–Crippen MR) is 585 cm³/mol. The second-order valence-corrected chi connectivity index (χ2v) is 39.7. The number of para-hydroxylation sites is 11. The third-order valence-electron chi connectivity index (χ3n) is 32.7. The Morgan fingerprint density at radius 3 is 1.09 bits per heavy atom. The van der Waals surface area contributed by atoms with E-state index in [1.54, 1.807) is 0 Å². The molecule has 0 saturated heterocycles. The van der Waals surface area contributed by atoms with Gasteiger partial charge >= 0.3 is 0 Å². The van der Waals surface area contributed by atoms with E-state index in [0.29, 0.717) is 0 Å². The first-order valence-corrected chi connectivity index (χ1v) is 50.9. The molecule has 6 unspecified atom stereocenters. The third-order valence-corrected chi connectivity index (χ3v) is 32.7. The van der Waals surface area contributed by atoms with Crippen LogP contribution in [0, 0.1) is 0 Å². The molecular formula is C132H96N12. The van der Waals surface area contributed by atoms with Crippen molar-refractivity contribution < 1.29 is 0 Å². The second kappa shape index (κ2) is 31.8. The predicted octanol–water partition coefficient (Wildman–Crippen LogP) is 31.0. The Morgan fingerprint density at radius 2 is 0.521 bits per heavy atom. The van der Waals surface area contributed by atoms with E-state index in [9.17, 15) is 0 Å². The highest BCUT2D eigenvalue weighted by Crippen LogP contribution is 2.62. The lowest BCUT2D eigenvalue weighted by Crippen LogP contribution is -2.37. The van der Waals surface area contributed by atoms with Crippen LogP contribution in [0.1, 0.15) is 159 Å². The van der Waals surface area contributed by atoms with E-state index >= 15 is 0 Å². The molecule has 18 heterocycles. The molecule has 6 aliphatic carbocycles. The zero-order chi connectivity index (χ0) is 94.0. The van der Waals surface area contributed by atoms with Crippen molar-refractivity contribution >= 4 is 73.5 Å². The lowest BCUT2D eigenvalue weighted by Gasteiger charge is -2.45. The molecule has 18 aromatic rings. The summed E-state index contributed by atoms with van der Waals surface area (Å²) in [5.41, 5.74) is 56.9. The summed E-state index contributed by atoms with van der Waals surface area (Å²) < 4.78 is 14.1. The Hall–Kier alpha value is -18.0. The van der Waals surface area contributed by atoms with Crippen LogP contribution < -0.4 is 29.4 Å². The van der Waals surface area contributed by atoms with Crippen molar-refractivity contribution in [1.82, 2.24) is 27.4 Å². The van der Waals surface area contributed by atoms with Gasteiger partial charge in [0.25, 0.3) is 0 Å². The first-order chi connectivity index (χ1) is 71.6. The van der Waals surface area contributed by atoms with Gasteiger partial charge in [0.1, 0.15) is 36.3 Å². The zero-order valence-corrected chi connectivity index (χ0v) is 79.1. The molecule has 0 spiro atoms. The molecule has 12 nitrogen and oxygen atoms in total. The van der Waals surface area contributed by atoms with E-state index in [4.69, 9.17) is 0 Å². The minimum absolute atomic E-state index is 0.243. The molecule has 0 N–H and O–H groups in total. The van der Waals surface area contributed by atoms with Crippen LogP contribution in [0.25, 0.3) is 78.7 Å². The Balaban J connectivity index is 0.0000000788. The van der Waals surface area contributed by atoms with E-state index in [1.807, 2.05) is 0 Å². The number of aromatic nitrogens is 6. The van der Waals surface area contributed by atoms with Crippen molar-refractivity contribution in [2.45, 2.75) is 74.8 Å². The lowest BCUT2D eigenvalue weighted by molar-refractivity contribution is 0.689. The largest absolute Gasteiger partial charge is 0.329 e. The number of rotatable bonds is 0. The van der Waals surface area contributed by atoms with Crippen molar-refractivity contribution in [3.8, 4) is 45.0 Å². The number of hydrogen-bond acceptors (Lipinski definition) is 6. The molecule has 18 aliphatic rings.